The molecule has 3 nitrogen and oxygen atoms in total. The Labute approximate surface area is 405 Å². The van der Waals surface area contributed by atoms with Crippen LogP contribution in [0.25, 0.3) is 94.8 Å². The second-order valence-electron chi connectivity index (χ2n) is 18.0. The number of benzene rings is 10. The van der Waals surface area contributed by atoms with Gasteiger partial charge in [-0.3, -0.25) is 0 Å². The van der Waals surface area contributed by atoms with Crippen LogP contribution in [0, 0.1) is 0 Å². The molecule has 322 valence electrons. The normalized spacial score (nSPS) is 13.0. The summed E-state index contributed by atoms with van der Waals surface area (Å²) >= 11 is 1.88. The zero-order valence-electron chi connectivity index (χ0n) is 37.4. The lowest BCUT2D eigenvalue weighted by Gasteiger charge is -2.39. The van der Waals surface area contributed by atoms with E-state index >= 15 is 0 Å². The summed E-state index contributed by atoms with van der Waals surface area (Å²) in [6.07, 6.45) is 0. The predicted octanol–water partition coefficient (Wildman–Crippen LogP) is 16.7. The molecule has 1 aliphatic heterocycles. The molecule has 10 aromatic carbocycles. The van der Waals surface area contributed by atoms with E-state index in [4.69, 9.17) is 9.97 Å². The highest BCUT2D eigenvalue weighted by Gasteiger charge is 2.50. The lowest BCUT2D eigenvalue weighted by atomic mass is 9.67. The summed E-state index contributed by atoms with van der Waals surface area (Å²) in [4.78, 5) is 13.1. The molecular weight excluding hydrogens is 855 g/mol. The van der Waals surface area contributed by atoms with Crippen molar-refractivity contribution in [2.45, 2.75) is 15.2 Å². The molecule has 0 atom stereocenters. The summed E-state index contributed by atoms with van der Waals surface area (Å²) < 4.78 is 2.34. The van der Waals surface area contributed by atoms with Gasteiger partial charge in [-0.05, 0) is 98.1 Å². The molecule has 0 saturated carbocycles. The summed E-state index contributed by atoms with van der Waals surface area (Å²) in [6, 6.07) is 90.3. The quantitative estimate of drug-likeness (QED) is 0.167. The summed E-state index contributed by atoms with van der Waals surface area (Å²) in [5.74, 6) is 0.686. The van der Waals surface area contributed by atoms with Crippen LogP contribution in [0.2, 0.25) is 0 Å². The first-order chi connectivity index (χ1) is 34.2. The number of hydrogen-bond acceptors (Lipinski definition) is 3. The minimum atomic E-state index is -0.397. The monoisotopic (exact) mass is 895 g/mol. The average Bonchev–Trinajstić information content (AvgIpc) is 3.92. The first-order valence-corrected chi connectivity index (χ1v) is 24.4. The second kappa shape index (κ2) is 15.8. The zero-order valence-corrected chi connectivity index (χ0v) is 38.2. The first kappa shape index (κ1) is 39.6. The van der Waals surface area contributed by atoms with Crippen molar-refractivity contribution in [2.24, 2.45) is 0 Å². The third-order valence-corrected chi connectivity index (χ3v) is 15.5. The number of aromatic nitrogens is 3. The lowest BCUT2D eigenvalue weighted by molar-refractivity contribution is 0.722. The Morgan fingerprint density at radius 1 is 0.333 bits per heavy atom. The van der Waals surface area contributed by atoms with E-state index in [0.29, 0.717) is 5.82 Å². The molecule has 1 aliphatic carbocycles. The lowest BCUT2D eigenvalue weighted by Crippen LogP contribution is -2.31. The van der Waals surface area contributed by atoms with E-state index in [0.717, 1.165) is 44.9 Å². The van der Waals surface area contributed by atoms with E-state index in [1.54, 1.807) is 0 Å². The molecule has 0 amide bonds. The van der Waals surface area contributed by atoms with Gasteiger partial charge in [0.15, 0.2) is 5.82 Å². The SMILES string of the molecule is c1ccc(-c2cc(-c3ccc(-c4ccc(-c5cccc6c5-c5ccccc5C65c6ccccc6Sc6ccccc65)cc4)cc3)nc(-c3cccc(-n4c5ccccc5c5ccccc54)c3)n2)cc1. The van der Waals surface area contributed by atoms with Gasteiger partial charge in [0.05, 0.1) is 27.8 Å². The van der Waals surface area contributed by atoms with Crippen molar-refractivity contribution in [1.82, 2.24) is 14.5 Å². The fraction of sp³-hybridized carbons (Fsp3) is 0.0154. The smallest absolute Gasteiger partial charge is 0.160 e. The van der Waals surface area contributed by atoms with E-state index in [-0.39, 0.29) is 0 Å². The minimum absolute atomic E-state index is 0.397. The van der Waals surface area contributed by atoms with Crippen molar-refractivity contribution >= 4 is 33.6 Å². The fourth-order valence-electron chi connectivity index (χ4n) is 11.3. The van der Waals surface area contributed by atoms with Crippen LogP contribution in [0.5, 0.6) is 0 Å². The van der Waals surface area contributed by atoms with Gasteiger partial charge >= 0.3 is 0 Å². The number of nitrogens with zero attached hydrogens (tertiary/aromatic N) is 3. The standard InChI is InChI=1S/C65H41N3S/c1-2-16-45(17-3-1)57-41-58(67-64(66-57)47-18-14-19-48(40-47)68-59-28-10-5-20-50(59)51-21-6-11-29-60(51)68)46-38-34-43(35-39-46)42-32-36-44(37-33-42)49-23-15-27-56-63(49)52-22-4-7-24-53(52)65(56)54-25-8-12-30-61(54)69-62-31-13-9-26-55(62)65/h1-41H. The van der Waals surface area contributed by atoms with Crippen LogP contribution >= 0.6 is 11.8 Å². The third-order valence-electron chi connectivity index (χ3n) is 14.3. The highest BCUT2D eigenvalue weighted by atomic mass is 32.2. The van der Waals surface area contributed by atoms with E-state index in [1.165, 1.54) is 76.1 Å². The maximum atomic E-state index is 5.27. The Kier molecular flexibility index (Phi) is 9.05. The molecule has 4 heteroatoms. The van der Waals surface area contributed by atoms with Gasteiger partial charge < -0.3 is 4.57 Å². The van der Waals surface area contributed by atoms with Crippen molar-refractivity contribution in [3.8, 4) is 73.0 Å². The molecule has 12 aromatic rings. The van der Waals surface area contributed by atoms with Gasteiger partial charge in [-0.2, -0.15) is 0 Å². The van der Waals surface area contributed by atoms with Crippen molar-refractivity contribution in [1.29, 1.82) is 0 Å². The summed E-state index contributed by atoms with van der Waals surface area (Å²) in [6.45, 7) is 0. The van der Waals surface area contributed by atoms with Gasteiger partial charge in [0.1, 0.15) is 0 Å². The fourth-order valence-corrected chi connectivity index (χ4v) is 12.5. The molecule has 14 rings (SSSR count). The number of hydrogen-bond donors (Lipinski definition) is 0. The Bertz CT molecular complexity index is 3880. The maximum Gasteiger partial charge on any atom is 0.160 e. The predicted molar refractivity (Wildman–Crippen MR) is 285 cm³/mol. The van der Waals surface area contributed by atoms with Crippen molar-refractivity contribution < 1.29 is 0 Å². The average molecular weight is 896 g/mol. The molecule has 2 aromatic heterocycles. The molecule has 0 N–H and O–H groups in total. The van der Waals surface area contributed by atoms with E-state index in [9.17, 15) is 0 Å². The van der Waals surface area contributed by atoms with Crippen LogP contribution in [0.15, 0.2) is 259 Å². The minimum Gasteiger partial charge on any atom is -0.309 e. The Balaban J connectivity index is 0.824. The molecule has 1 spiro atoms. The highest BCUT2D eigenvalue weighted by Crippen LogP contribution is 2.63. The first-order valence-electron chi connectivity index (χ1n) is 23.6. The van der Waals surface area contributed by atoms with E-state index in [1.807, 2.05) is 17.8 Å². The number of fused-ring (bicyclic) bond motifs is 12. The highest BCUT2D eigenvalue weighted by molar-refractivity contribution is 7.99. The van der Waals surface area contributed by atoms with Crippen LogP contribution in [-0.4, -0.2) is 14.5 Å². The van der Waals surface area contributed by atoms with Crippen molar-refractivity contribution in [3.63, 3.8) is 0 Å². The summed E-state index contributed by atoms with van der Waals surface area (Å²) in [5.41, 5.74) is 20.6. The Morgan fingerprint density at radius 3 is 1.48 bits per heavy atom. The summed E-state index contributed by atoms with van der Waals surface area (Å²) in [5, 5.41) is 2.47. The Hall–Kier alpha value is -8.57. The van der Waals surface area contributed by atoms with Crippen LogP contribution in [0.3, 0.4) is 0 Å². The van der Waals surface area contributed by atoms with Gasteiger partial charge in [0.25, 0.3) is 0 Å². The van der Waals surface area contributed by atoms with Crippen LogP contribution in [0.4, 0.5) is 0 Å². The van der Waals surface area contributed by atoms with Gasteiger partial charge in [-0.15, -0.1) is 0 Å². The largest absolute Gasteiger partial charge is 0.309 e. The van der Waals surface area contributed by atoms with E-state index in [2.05, 4.69) is 247 Å². The molecule has 3 heterocycles. The molecule has 69 heavy (non-hydrogen) atoms. The molecular formula is C65H41N3S. The van der Waals surface area contributed by atoms with Gasteiger partial charge in [-0.1, -0.05) is 218 Å². The number of para-hydroxylation sites is 2. The van der Waals surface area contributed by atoms with Crippen molar-refractivity contribution in [2.75, 3.05) is 0 Å². The van der Waals surface area contributed by atoms with Crippen LogP contribution < -0.4 is 0 Å². The Morgan fingerprint density at radius 2 is 0.812 bits per heavy atom. The number of rotatable bonds is 6. The second-order valence-corrected chi connectivity index (χ2v) is 19.1. The summed E-state index contributed by atoms with van der Waals surface area (Å²) in [7, 11) is 0. The van der Waals surface area contributed by atoms with Crippen LogP contribution in [0.1, 0.15) is 22.3 Å². The molecule has 2 aliphatic rings. The molecule has 0 bridgehead atoms. The van der Waals surface area contributed by atoms with Gasteiger partial charge in [-0.25, -0.2) is 9.97 Å². The molecule has 0 unspecified atom stereocenters. The zero-order chi connectivity index (χ0) is 45.5. The van der Waals surface area contributed by atoms with Crippen molar-refractivity contribution in [3.05, 3.63) is 271 Å². The maximum absolute atomic E-state index is 5.27. The van der Waals surface area contributed by atoms with Gasteiger partial charge in [0, 0.05) is 42.9 Å². The third kappa shape index (κ3) is 6.16. The molecule has 0 fully saturated rings. The van der Waals surface area contributed by atoms with E-state index < -0.39 is 5.41 Å². The molecule has 0 radical (unpaired) electrons. The van der Waals surface area contributed by atoms with Gasteiger partial charge in [0.2, 0.25) is 0 Å². The topological polar surface area (TPSA) is 30.7 Å². The molecule has 0 saturated heterocycles. The van der Waals surface area contributed by atoms with Crippen LogP contribution in [-0.2, 0) is 5.41 Å².